The highest BCUT2D eigenvalue weighted by Crippen LogP contribution is 2.41. The fourth-order valence-electron chi connectivity index (χ4n) is 5.90. The van der Waals surface area contributed by atoms with Gasteiger partial charge in [-0.1, -0.05) is 19.6 Å². The summed E-state index contributed by atoms with van der Waals surface area (Å²) in [5.74, 6) is 0.236. The van der Waals surface area contributed by atoms with Gasteiger partial charge in [-0.3, -0.25) is 9.78 Å². The van der Waals surface area contributed by atoms with E-state index in [1.54, 1.807) is 12.3 Å². The SMILES string of the molecule is COc1cc(-c2ccnc3c(C(=O)NC4CCC(NC(=O)O)CC4)c(C)n(COCC[Si](C)(C)C)c23)c(OCC2CC2)cc1F. The molecule has 244 valence electrons. The van der Waals surface area contributed by atoms with Crippen molar-refractivity contribution in [2.45, 2.75) is 89.9 Å². The number of halogens is 1. The lowest BCUT2D eigenvalue weighted by Gasteiger charge is -2.28. The van der Waals surface area contributed by atoms with Crippen LogP contribution in [0.3, 0.4) is 0 Å². The van der Waals surface area contributed by atoms with Gasteiger partial charge in [0.25, 0.3) is 5.91 Å². The van der Waals surface area contributed by atoms with Crippen molar-refractivity contribution in [3.05, 3.63) is 41.5 Å². The Bertz CT molecular complexity index is 1540. The van der Waals surface area contributed by atoms with Crippen molar-refractivity contribution in [3.63, 3.8) is 0 Å². The highest BCUT2D eigenvalue weighted by Gasteiger charge is 2.29. The molecule has 1 aromatic carbocycles. The number of pyridine rings is 1. The minimum atomic E-state index is -1.33. The van der Waals surface area contributed by atoms with Gasteiger partial charge in [-0.25, -0.2) is 9.18 Å². The Kier molecular flexibility index (Phi) is 10.0. The van der Waals surface area contributed by atoms with Crippen LogP contribution in [0.1, 0.15) is 54.6 Å². The van der Waals surface area contributed by atoms with E-state index < -0.39 is 20.0 Å². The van der Waals surface area contributed by atoms with E-state index in [2.05, 4.69) is 30.3 Å². The zero-order valence-electron chi connectivity index (χ0n) is 26.9. The summed E-state index contributed by atoms with van der Waals surface area (Å²) >= 11 is 0. The first-order chi connectivity index (χ1) is 21.4. The summed E-state index contributed by atoms with van der Waals surface area (Å²) in [4.78, 5) is 29.7. The Balaban J connectivity index is 1.53. The molecule has 0 spiro atoms. The standard InChI is InChI=1S/C33H45FN4O6Si/c1-20-29(32(39)36-22-8-10-23(11-9-22)37-33(40)41)30-31(38(20)19-43-14-15-45(3,4)5)24(12-13-35-30)25-16-28(42-2)26(34)17-27(25)44-18-21-6-7-21/h12-13,16-17,21-23,37H,6-11,14-15,18-19H2,1-5H3,(H,36,39)(H,40,41). The minimum absolute atomic E-state index is 0.0814. The van der Waals surface area contributed by atoms with Gasteiger partial charge in [0.1, 0.15) is 18.0 Å². The second-order valence-corrected chi connectivity index (χ2v) is 19.1. The molecule has 2 aliphatic carbocycles. The number of fused-ring (bicyclic) bond motifs is 1. The molecule has 0 atom stereocenters. The Labute approximate surface area is 264 Å². The predicted octanol–water partition coefficient (Wildman–Crippen LogP) is 6.57. The summed E-state index contributed by atoms with van der Waals surface area (Å²) in [6.45, 7) is 10.1. The number of benzene rings is 1. The van der Waals surface area contributed by atoms with Crippen molar-refractivity contribution in [1.82, 2.24) is 20.2 Å². The number of amides is 2. The van der Waals surface area contributed by atoms with E-state index in [9.17, 15) is 14.0 Å². The van der Waals surface area contributed by atoms with E-state index >= 15 is 0 Å². The van der Waals surface area contributed by atoms with Crippen molar-refractivity contribution >= 4 is 31.1 Å². The van der Waals surface area contributed by atoms with Crippen LogP contribution < -0.4 is 20.1 Å². The molecule has 0 saturated heterocycles. The zero-order chi connectivity index (χ0) is 32.3. The molecule has 2 fully saturated rings. The molecule has 2 heterocycles. The zero-order valence-corrected chi connectivity index (χ0v) is 27.9. The lowest BCUT2D eigenvalue weighted by atomic mass is 9.91. The molecular formula is C33H45FN4O6Si. The quantitative estimate of drug-likeness (QED) is 0.143. The van der Waals surface area contributed by atoms with Crippen molar-refractivity contribution in [3.8, 4) is 22.6 Å². The number of nitrogens with one attached hydrogen (secondary N) is 2. The van der Waals surface area contributed by atoms with Crippen LogP contribution in [0.4, 0.5) is 9.18 Å². The van der Waals surface area contributed by atoms with Crippen LogP contribution in [0.5, 0.6) is 11.5 Å². The molecule has 0 unspecified atom stereocenters. The summed E-state index contributed by atoms with van der Waals surface area (Å²) < 4.78 is 34.7. The van der Waals surface area contributed by atoms with Gasteiger partial charge in [-0.2, -0.15) is 0 Å². The largest absolute Gasteiger partial charge is 0.494 e. The Morgan fingerprint density at radius 1 is 1.04 bits per heavy atom. The maximum atomic E-state index is 14.9. The first-order valence-electron chi connectivity index (χ1n) is 15.8. The van der Waals surface area contributed by atoms with Gasteiger partial charge < -0.3 is 34.5 Å². The van der Waals surface area contributed by atoms with Gasteiger partial charge >= 0.3 is 6.09 Å². The molecule has 3 N–H and O–H groups in total. The van der Waals surface area contributed by atoms with Crippen LogP contribution >= 0.6 is 0 Å². The van der Waals surface area contributed by atoms with Crippen LogP contribution in [-0.2, 0) is 11.5 Å². The number of carbonyl (C=O) groups is 2. The van der Waals surface area contributed by atoms with Gasteiger partial charge in [0.15, 0.2) is 11.6 Å². The smallest absolute Gasteiger partial charge is 0.404 e. The molecule has 0 bridgehead atoms. The number of carbonyl (C=O) groups excluding carboxylic acids is 1. The third-order valence-electron chi connectivity index (χ3n) is 8.75. The van der Waals surface area contributed by atoms with Crippen LogP contribution in [0.15, 0.2) is 24.4 Å². The number of ether oxygens (including phenoxy) is 3. The predicted molar refractivity (Wildman–Crippen MR) is 173 cm³/mol. The summed E-state index contributed by atoms with van der Waals surface area (Å²) in [7, 11) is 0.104. The molecule has 5 rings (SSSR count). The van der Waals surface area contributed by atoms with Gasteiger partial charge in [-0.15, -0.1) is 0 Å². The number of carboxylic acid groups (broad SMARTS) is 1. The van der Waals surface area contributed by atoms with Gasteiger partial charge in [0, 0.05) is 55.8 Å². The summed E-state index contributed by atoms with van der Waals surface area (Å²) in [5.41, 5.74) is 3.78. The van der Waals surface area contributed by atoms with E-state index in [0.717, 1.165) is 24.4 Å². The van der Waals surface area contributed by atoms with Crippen molar-refractivity contribution in [1.29, 1.82) is 0 Å². The maximum absolute atomic E-state index is 14.9. The van der Waals surface area contributed by atoms with Crippen molar-refractivity contribution < 1.29 is 33.3 Å². The molecular weight excluding hydrogens is 595 g/mol. The van der Waals surface area contributed by atoms with Crippen LogP contribution in [0.2, 0.25) is 25.7 Å². The van der Waals surface area contributed by atoms with E-state index in [0.29, 0.717) is 78.4 Å². The van der Waals surface area contributed by atoms with Crippen LogP contribution in [0.25, 0.3) is 22.2 Å². The summed E-state index contributed by atoms with van der Waals surface area (Å²) in [6, 6.07) is 5.68. The number of aromatic nitrogens is 2. The summed E-state index contributed by atoms with van der Waals surface area (Å²) in [5, 5.41) is 14.8. The second-order valence-electron chi connectivity index (χ2n) is 13.5. The van der Waals surface area contributed by atoms with Gasteiger partial charge in [0.2, 0.25) is 0 Å². The molecule has 45 heavy (non-hydrogen) atoms. The third kappa shape index (κ3) is 7.96. The maximum Gasteiger partial charge on any atom is 0.404 e. The number of hydrogen-bond donors (Lipinski definition) is 3. The Hall–Kier alpha value is -3.64. The number of rotatable bonds is 13. The monoisotopic (exact) mass is 640 g/mol. The lowest BCUT2D eigenvalue weighted by Crippen LogP contribution is -2.43. The normalized spacial score (nSPS) is 18.5. The average molecular weight is 641 g/mol. The molecule has 0 radical (unpaired) electrons. The van der Waals surface area contributed by atoms with Crippen LogP contribution in [0, 0.1) is 18.7 Å². The topological polar surface area (TPSA) is 124 Å². The molecule has 0 aliphatic heterocycles. The van der Waals surface area contributed by atoms with Crippen LogP contribution in [-0.4, -0.2) is 67.1 Å². The molecule has 2 aliphatic rings. The molecule has 10 nitrogen and oxygen atoms in total. The molecule has 2 amide bonds. The molecule has 12 heteroatoms. The highest BCUT2D eigenvalue weighted by atomic mass is 28.3. The fraction of sp³-hybridized carbons (Fsp3) is 0.545. The second kappa shape index (κ2) is 13.8. The van der Waals surface area contributed by atoms with Gasteiger partial charge in [-0.05, 0) is 69.5 Å². The average Bonchev–Trinajstić information content (AvgIpc) is 3.76. The van der Waals surface area contributed by atoms with Crippen molar-refractivity contribution in [2.75, 3.05) is 20.3 Å². The number of methoxy groups -OCH3 is 1. The van der Waals surface area contributed by atoms with E-state index in [1.807, 2.05) is 17.6 Å². The number of hydrogen-bond acceptors (Lipinski definition) is 6. The number of nitrogens with zero attached hydrogens (tertiary/aromatic N) is 2. The Morgan fingerprint density at radius 2 is 1.73 bits per heavy atom. The Morgan fingerprint density at radius 3 is 2.36 bits per heavy atom. The van der Waals surface area contributed by atoms with E-state index in [-0.39, 0.29) is 30.5 Å². The van der Waals surface area contributed by atoms with E-state index in [1.165, 1.54) is 13.2 Å². The van der Waals surface area contributed by atoms with Gasteiger partial charge in [0.05, 0.1) is 24.8 Å². The minimum Gasteiger partial charge on any atom is -0.494 e. The fourth-order valence-corrected chi connectivity index (χ4v) is 6.65. The first kappa shape index (κ1) is 32.7. The molecule has 2 aromatic heterocycles. The third-order valence-corrected chi connectivity index (χ3v) is 10.5. The van der Waals surface area contributed by atoms with Crippen molar-refractivity contribution in [2.24, 2.45) is 5.92 Å². The highest BCUT2D eigenvalue weighted by molar-refractivity contribution is 6.76. The first-order valence-corrected chi connectivity index (χ1v) is 19.5. The lowest BCUT2D eigenvalue weighted by molar-refractivity contribution is 0.0878. The molecule has 3 aromatic rings. The molecule has 2 saturated carbocycles. The summed E-state index contributed by atoms with van der Waals surface area (Å²) in [6.07, 6.45) is 5.48. The van der Waals surface area contributed by atoms with E-state index in [4.69, 9.17) is 24.3 Å².